The molecule has 0 unspecified atom stereocenters. The number of nitrogens with two attached hydrogens (primary N) is 2. The van der Waals surface area contributed by atoms with Crippen LogP contribution < -0.4 is 11.5 Å². The number of hydrogen-bond acceptors (Lipinski definition) is 2. The van der Waals surface area contributed by atoms with E-state index in [2.05, 4.69) is 162 Å². The van der Waals surface area contributed by atoms with E-state index in [0.29, 0.717) is 0 Å². The van der Waals surface area contributed by atoms with Crippen molar-refractivity contribution in [3.8, 4) is 0 Å². The first-order valence-corrected chi connectivity index (χ1v) is 31.5. The Labute approximate surface area is 473 Å². The van der Waals surface area contributed by atoms with Gasteiger partial charge in [-0.05, 0) is 192 Å². The number of rotatable bonds is 11. The Morgan fingerprint density at radius 1 is 0.286 bits per heavy atom. The van der Waals surface area contributed by atoms with E-state index in [9.17, 15) is 0 Å². The largest absolute Gasteiger partial charge is 0.399 e. The maximum absolute atomic E-state index is 5.84. The van der Waals surface area contributed by atoms with Crippen LogP contribution in [-0.4, -0.2) is 0 Å². The molecule has 2 nitrogen and oxygen atoms in total. The summed E-state index contributed by atoms with van der Waals surface area (Å²) in [7, 11) is 0. The van der Waals surface area contributed by atoms with E-state index in [1.807, 2.05) is 24.3 Å². The summed E-state index contributed by atoms with van der Waals surface area (Å²) in [5, 5.41) is 0. The van der Waals surface area contributed by atoms with E-state index in [-0.39, 0.29) is 10.8 Å². The third-order valence-electron chi connectivity index (χ3n) is 19.2. The Balaban J connectivity index is 0.000000166. The number of halogens is 1. The summed E-state index contributed by atoms with van der Waals surface area (Å²) >= 11 is 3.47. The van der Waals surface area contributed by atoms with Gasteiger partial charge in [-0.2, -0.15) is 0 Å². The van der Waals surface area contributed by atoms with Crippen LogP contribution in [0, 0.1) is 0 Å². The lowest BCUT2D eigenvalue weighted by molar-refractivity contribution is 0.346. The average Bonchev–Trinajstić information content (AvgIpc) is 3.51. The van der Waals surface area contributed by atoms with Gasteiger partial charge in [-0.15, -0.1) is 0 Å². The van der Waals surface area contributed by atoms with Crippen LogP contribution in [0.25, 0.3) is 0 Å². The van der Waals surface area contributed by atoms with Gasteiger partial charge in [-0.25, -0.2) is 0 Å². The molecule has 7 aromatic rings. The van der Waals surface area contributed by atoms with Crippen LogP contribution in [0.1, 0.15) is 239 Å². The van der Waals surface area contributed by atoms with Crippen LogP contribution >= 0.6 is 15.9 Å². The molecule has 12 rings (SSSR count). The zero-order valence-electron chi connectivity index (χ0n) is 46.5. The molecule has 0 saturated heterocycles. The highest BCUT2D eigenvalue weighted by Gasteiger charge is 2.37. The summed E-state index contributed by atoms with van der Waals surface area (Å²) in [6.07, 6.45) is 35.9. The maximum Gasteiger partial charge on any atom is 0.0314 e. The van der Waals surface area contributed by atoms with E-state index in [1.165, 1.54) is 215 Å². The van der Waals surface area contributed by atoms with Gasteiger partial charge < -0.3 is 11.5 Å². The summed E-state index contributed by atoms with van der Waals surface area (Å²) in [6, 6.07) is 64.3. The van der Waals surface area contributed by atoms with Gasteiger partial charge in [0.2, 0.25) is 0 Å². The summed E-state index contributed by atoms with van der Waals surface area (Å²) < 4.78 is 1.19. The molecule has 0 atom stereocenters. The van der Waals surface area contributed by atoms with Gasteiger partial charge in [0.05, 0.1) is 0 Å². The highest BCUT2D eigenvalue weighted by atomic mass is 79.9. The van der Waals surface area contributed by atoms with Crippen LogP contribution in [0.4, 0.5) is 11.4 Å². The molecule has 5 aliphatic rings. The molecule has 402 valence electrons. The van der Waals surface area contributed by atoms with Gasteiger partial charge in [-0.1, -0.05) is 246 Å². The SMILES string of the molecule is Brc1ccc(C2CCCCC2)cc1.Nc1ccc(C2(c3ccc(N)cc3)CCCCC2)cc1.c1cc(C2CCCCC2)ccc1Cc1ccc(C2(c3ccc(Cc4ccc(C5CCCCC5)cc4)cc3)CCCCC2)cc1. The molecular formula is C74H89BrN2. The highest BCUT2D eigenvalue weighted by Crippen LogP contribution is 2.47. The number of anilines is 2. The van der Waals surface area contributed by atoms with Gasteiger partial charge in [0.15, 0.2) is 0 Å². The highest BCUT2D eigenvalue weighted by molar-refractivity contribution is 9.10. The van der Waals surface area contributed by atoms with Gasteiger partial charge >= 0.3 is 0 Å². The van der Waals surface area contributed by atoms with E-state index in [0.717, 1.165) is 42.0 Å². The predicted octanol–water partition coefficient (Wildman–Crippen LogP) is 20.8. The van der Waals surface area contributed by atoms with Crippen molar-refractivity contribution in [2.24, 2.45) is 0 Å². The first kappa shape index (κ1) is 55.0. The predicted molar refractivity (Wildman–Crippen MR) is 332 cm³/mol. The van der Waals surface area contributed by atoms with E-state index < -0.39 is 0 Å². The van der Waals surface area contributed by atoms with Gasteiger partial charge in [0.25, 0.3) is 0 Å². The van der Waals surface area contributed by atoms with Crippen molar-refractivity contribution >= 4 is 27.3 Å². The topological polar surface area (TPSA) is 52.0 Å². The Morgan fingerprint density at radius 2 is 0.519 bits per heavy atom. The van der Waals surface area contributed by atoms with Crippen LogP contribution in [0.3, 0.4) is 0 Å². The molecule has 77 heavy (non-hydrogen) atoms. The quantitative estimate of drug-likeness (QED) is 0.127. The monoisotopic (exact) mass is 1080 g/mol. The molecule has 5 aliphatic carbocycles. The summed E-state index contributed by atoms with van der Waals surface area (Å²) in [5.74, 6) is 2.41. The van der Waals surface area contributed by atoms with Gasteiger partial charge in [0, 0.05) is 26.7 Å². The van der Waals surface area contributed by atoms with Gasteiger partial charge in [-0.3, -0.25) is 0 Å². The van der Waals surface area contributed by atoms with E-state index >= 15 is 0 Å². The van der Waals surface area contributed by atoms with Crippen molar-refractivity contribution in [1.29, 1.82) is 0 Å². The minimum absolute atomic E-state index is 0.139. The van der Waals surface area contributed by atoms with Crippen molar-refractivity contribution in [3.05, 3.63) is 236 Å². The van der Waals surface area contributed by atoms with Crippen molar-refractivity contribution in [3.63, 3.8) is 0 Å². The summed E-state index contributed by atoms with van der Waals surface area (Å²) in [4.78, 5) is 0. The van der Waals surface area contributed by atoms with Crippen molar-refractivity contribution in [2.75, 3.05) is 11.5 Å². The Hall–Kier alpha value is -5.38. The Kier molecular flexibility index (Phi) is 19.3. The average molecular weight is 1090 g/mol. The minimum atomic E-state index is 0.139. The number of benzene rings is 7. The molecule has 0 aliphatic heterocycles. The van der Waals surface area contributed by atoms with Gasteiger partial charge in [0.1, 0.15) is 0 Å². The van der Waals surface area contributed by atoms with Crippen LogP contribution in [0.2, 0.25) is 0 Å². The van der Waals surface area contributed by atoms with Crippen LogP contribution in [0.15, 0.2) is 174 Å². The molecule has 0 radical (unpaired) electrons. The van der Waals surface area contributed by atoms with Crippen LogP contribution in [0.5, 0.6) is 0 Å². The molecule has 0 aromatic heterocycles. The number of hydrogen-bond donors (Lipinski definition) is 2. The second-order valence-electron chi connectivity index (χ2n) is 24.3. The summed E-state index contributed by atoms with van der Waals surface area (Å²) in [6.45, 7) is 0. The molecule has 5 fully saturated rings. The third-order valence-corrected chi connectivity index (χ3v) is 19.8. The molecule has 0 bridgehead atoms. The zero-order chi connectivity index (χ0) is 52.7. The van der Waals surface area contributed by atoms with Crippen molar-refractivity contribution in [2.45, 2.75) is 202 Å². The fourth-order valence-corrected chi connectivity index (χ4v) is 14.9. The first-order chi connectivity index (χ1) is 37.8. The molecular weight excluding hydrogens is 997 g/mol. The lowest BCUT2D eigenvalue weighted by Gasteiger charge is -2.39. The third kappa shape index (κ3) is 14.3. The standard InChI is InChI=1S/C44H52.C18H22N2.C12H15Br/c1-4-10-38(11-5-1)40-22-14-34(15-23-40)32-36-18-26-42(27-19-36)44(30-8-3-9-31-44)43-28-20-37(21-29-43)33-35-16-24-41(25-17-35)39-12-6-2-7-13-39;19-16-8-4-14(5-9-16)18(12-2-1-3-13-18)15-6-10-17(20)11-7-15;13-12-8-6-11(7-9-12)10-4-2-1-3-5-10/h14-29,38-39H,1-13,30-33H2;4-11H,1-3,12-13,19-20H2;6-10H,1-5H2. The zero-order valence-corrected chi connectivity index (χ0v) is 48.1. The maximum atomic E-state index is 5.84. The lowest BCUT2D eigenvalue weighted by Crippen LogP contribution is -2.30. The van der Waals surface area contributed by atoms with E-state index in [4.69, 9.17) is 11.5 Å². The fourth-order valence-electron chi connectivity index (χ4n) is 14.6. The van der Waals surface area contributed by atoms with Crippen molar-refractivity contribution < 1.29 is 0 Å². The molecule has 0 spiro atoms. The Bertz CT molecular complexity index is 2660. The first-order valence-electron chi connectivity index (χ1n) is 30.7. The molecule has 7 aromatic carbocycles. The number of nitrogen functional groups attached to an aromatic ring is 2. The van der Waals surface area contributed by atoms with Crippen molar-refractivity contribution in [1.82, 2.24) is 0 Å². The molecule has 5 saturated carbocycles. The smallest absolute Gasteiger partial charge is 0.0314 e. The molecule has 0 heterocycles. The lowest BCUT2D eigenvalue weighted by atomic mass is 9.65. The second kappa shape index (κ2) is 27.0. The minimum Gasteiger partial charge on any atom is -0.399 e. The Morgan fingerprint density at radius 3 is 0.805 bits per heavy atom. The molecule has 0 amide bonds. The molecule has 4 N–H and O–H groups in total. The normalized spacial score (nSPS) is 19.0. The second-order valence-corrected chi connectivity index (χ2v) is 25.2. The van der Waals surface area contributed by atoms with Crippen LogP contribution in [-0.2, 0) is 23.7 Å². The summed E-state index contributed by atoms with van der Waals surface area (Å²) in [5.41, 5.74) is 29.8. The van der Waals surface area contributed by atoms with E-state index in [1.54, 1.807) is 11.1 Å². The molecule has 3 heteroatoms. The fraction of sp³-hybridized carbons (Fsp3) is 0.432.